The first kappa shape index (κ1) is 20.1. The highest BCUT2D eigenvalue weighted by atomic mass is 16.2. The van der Waals surface area contributed by atoms with Gasteiger partial charge in [0.1, 0.15) is 0 Å². The average Bonchev–Trinajstić information content (AvgIpc) is 2.78. The van der Waals surface area contributed by atoms with Crippen molar-refractivity contribution >= 4 is 33.8 Å². The SMILES string of the molecule is CC(=O)c1ccc(N2CCN([C@@H](C)C(=O)Nc3ccc4ccccc4c3)CC2)cc1. The van der Waals surface area contributed by atoms with Gasteiger partial charge in [-0.15, -0.1) is 0 Å². The van der Waals surface area contributed by atoms with Crippen LogP contribution in [0.15, 0.2) is 66.7 Å². The van der Waals surface area contributed by atoms with E-state index in [0.717, 1.165) is 53.9 Å². The normalized spacial score (nSPS) is 15.7. The number of anilines is 2. The third kappa shape index (κ3) is 4.36. The summed E-state index contributed by atoms with van der Waals surface area (Å²) in [5.41, 5.74) is 2.68. The molecule has 5 nitrogen and oxygen atoms in total. The van der Waals surface area contributed by atoms with Gasteiger partial charge in [0.05, 0.1) is 6.04 Å². The van der Waals surface area contributed by atoms with Crippen molar-refractivity contribution in [2.75, 3.05) is 36.4 Å². The molecule has 0 saturated carbocycles. The number of hydrogen-bond donors (Lipinski definition) is 1. The van der Waals surface area contributed by atoms with E-state index < -0.39 is 0 Å². The van der Waals surface area contributed by atoms with Gasteiger partial charge in [0.2, 0.25) is 5.91 Å². The number of rotatable bonds is 5. The van der Waals surface area contributed by atoms with E-state index >= 15 is 0 Å². The van der Waals surface area contributed by atoms with Gasteiger partial charge in [-0.25, -0.2) is 0 Å². The first-order valence-corrected chi connectivity index (χ1v) is 10.4. The molecule has 1 heterocycles. The van der Waals surface area contributed by atoms with Gasteiger partial charge >= 0.3 is 0 Å². The van der Waals surface area contributed by atoms with Crippen molar-refractivity contribution in [1.29, 1.82) is 0 Å². The second-order valence-electron chi connectivity index (χ2n) is 7.85. The largest absolute Gasteiger partial charge is 0.369 e. The molecule has 0 aromatic heterocycles. The average molecular weight is 402 g/mol. The number of nitrogens with zero attached hydrogens (tertiary/aromatic N) is 2. The number of ketones is 1. The fraction of sp³-hybridized carbons (Fsp3) is 0.280. The number of carbonyl (C=O) groups excluding carboxylic acids is 2. The van der Waals surface area contributed by atoms with E-state index in [0.29, 0.717) is 0 Å². The van der Waals surface area contributed by atoms with Crippen molar-refractivity contribution < 1.29 is 9.59 Å². The molecule has 1 N–H and O–H groups in total. The molecule has 1 amide bonds. The lowest BCUT2D eigenvalue weighted by atomic mass is 10.1. The molecule has 0 aliphatic carbocycles. The van der Waals surface area contributed by atoms with E-state index in [1.54, 1.807) is 6.92 Å². The van der Waals surface area contributed by atoms with E-state index in [2.05, 4.69) is 27.2 Å². The smallest absolute Gasteiger partial charge is 0.241 e. The summed E-state index contributed by atoms with van der Waals surface area (Å²) in [4.78, 5) is 28.8. The van der Waals surface area contributed by atoms with Gasteiger partial charge in [-0.3, -0.25) is 14.5 Å². The molecule has 3 aromatic carbocycles. The van der Waals surface area contributed by atoms with Crippen molar-refractivity contribution in [3.8, 4) is 0 Å². The molecule has 1 atom stereocenters. The lowest BCUT2D eigenvalue weighted by Crippen LogP contribution is -2.52. The summed E-state index contributed by atoms with van der Waals surface area (Å²) in [6, 6.07) is 21.7. The Balaban J connectivity index is 1.34. The van der Waals surface area contributed by atoms with Gasteiger partial charge in [0.25, 0.3) is 0 Å². The monoisotopic (exact) mass is 401 g/mol. The summed E-state index contributed by atoms with van der Waals surface area (Å²) in [6.45, 7) is 6.90. The fourth-order valence-electron chi connectivity index (χ4n) is 3.95. The minimum atomic E-state index is -0.196. The molecule has 0 radical (unpaired) electrons. The van der Waals surface area contributed by atoms with Crippen molar-refractivity contribution in [3.05, 3.63) is 72.3 Å². The molecule has 154 valence electrons. The van der Waals surface area contributed by atoms with E-state index in [9.17, 15) is 9.59 Å². The third-order valence-corrected chi connectivity index (χ3v) is 5.90. The standard InChI is InChI=1S/C25H27N3O2/c1-18(25(30)26-23-10-7-21-5-3-4-6-22(21)17-23)27-13-15-28(16-14-27)24-11-8-20(9-12-24)19(2)29/h3-12,17-18H,13-16H2,1-2H3,(H,26,30)/t18-/m0/s1. The van der Waals surface area contributed by atoms with Gasteiger partial charge in [-0.05, 0) is 61.0 Å². The Morgan fingerprint density at radius 2 is 1.53 bits per heavy atom. The molecule has 0 unspecified atom stereocenters. The number of nitrogens with one attached hydrogen (secondary N) is 1. The maximum Gasteiger partial charge on any atom is 0.241 e. The van der Waals surface area contributed by atoms with Crippen molar-refractivity contribution in [2.45, 2.75) is 19.9 Å². The van der Waals surface area contributed by atoms with Gasteiger partial charge < -0.3 is 10.2 Å². The van der Waals surface area contributed by atoms with Crippen molar-refractivity contribution in [3.63, 3.8) is 0 Å². The van der Waals surface area contributed by atoms with Gasteiger partial charge in [0.15, 0.2) is 5.78 Å². The summed E-state index contributed by atoms with van der Waals surface area (Å²) in [5, 5.41) is 5.35. The van der Waals surface area contributed by atoms with E-state index in [4.69, 9.17) is 0 Å². The molecule has 0 bridgehead atoms. The minimum Gasteiger partial charge on any atom is -0.369 e. The molecular weight excluding hydrogens is 374 g/mol. The molecule has 1 aliphatic rings. The Morgan fingerprint density at radius 1 is 0.867 bits per heavy atom. The number of fused-ring (bicyclic) bond motifs is 1. The van der Waals surface area contributed by atoms with Crippen LogP contribution in [0.3, 0.4) is 0 Å². The summed E-state index contributed by atoms with van der Waals surface area (Å²) in [6.07, 6.45) is 0. The maximum absolute atomic E-state index is 12.8. The fourth-order valence-corrected chi connectivity index (χ4v) is 3.95. The predicted molar refractivity (Wildman–Crippen MR) is 122 cm³/mol. The van der Waals surface area contributed by atoms with Crippen LogP contribution in [0.25, 0.3) is 10.8 Å². The van der Waals surface area contributed by atoms with Crippen LogP contribution in [-0.2, 0) is 4.79 Å². The van der Waals surface area contributed by atoms with Crippen LogP contribution in [0.2, 0.25) is 0 Å². The zero-order valence-corrected chi connectivity index (χ0v) is 17.5. The molecule has 30 heavy (non-hydrogen) atoms. The zero-order valence-electron chi connectivity index (χ0n) is 17.5. The highest BCUT2D eigenvalue weighted by Gasteiger charge is 2.25. The van der Waals surface area contributed by atoms with Crippen molar-refractivity contribution in [1.82, 2.24) is 4.90 Å². The quantitative estimate of drug-likeness (QED) is 0.652. The van der Waals surface area contributed by atoms with Gasteiger partial charge in [-0.1, -0.05) is 30.3 Å². The van der Waals surface area contributed by atoms with Gasteiger partial charge in [0, 0.05) is 43.1 Å². The number of amides is 1. The summed E-state index contributed by atoms with van der Waals surface area (Å²) < 4.78 is 0. The molecule has 1 saturated heterocycles. The Bertz CT molecular complexity index is 1050. The lowest BCUT2D eigenvalue weighted by molar-refractivity contribution is -0.120. The molecule has 0 spiro atoms. The Morgan fingerprint density at radius 3 is 2.20 bits per heavy atom. The molecule has 3 aromatic rings. The zero-order chi connectivity index (χ0) is 21.1. The number of benzene rings is 3. The Labute approximate surface area is 177 Å². The summed E-state index contributed by atoms with van der Waals surface area (Å²) >= 11 is 0. The van der Waals surface area contributed by atoms with Crippen LogP contribution in [0.1, 0.15) is 24.2 Å². The Kier molecular flexibility index (Phi) is 5.81. The number of carbonyl (C=O) groups is 2. The predicted octanol–water partition coefficient (Wildman–Crippen LogP) is 4.19. The van der Waals surface area contributed by atoms with Crippen LogP contribution in [0.5, 0.6) is 0 Å². The first-order valence-electron chi connectivity index (χ1n) is 10.4. The molecule has 4 rings (SSSR count). The highest BCUT2D eigenvalue weighted by Crippen LogP contribution is 2.21. The molecular formula is C25H27N3O2. The van der Waals surface area contributed by atoms with Crippen LogP contribution in [-0.4, -0.2) is 48.8 Å². The van der Waals surface area contributed by atoms with Crippen LogP contribution in [0, 0.1) is 0 Å². The van der Waals surface area contributed by atoms with E-state index in [-0.39, 0.29) is 17.7 Å². The second-order valence-corrected chi connectivity index (χ2v) is 7.85. The third-order valence-electron chi connectivity index (χ3n) is 5.90. The van der Waals surface area contributed by atoms with Gasteiger partial charge in [-0.2, -0.15) is 0 Å². The number of hydrogen-bond acceptors (Lipinski definition) is 4. The van der Waals surface area contributed by atoms with Crippen molar-refractivity contribution in [2.24, 2.45) is 0 Å². The number of piperazine rings is 1. The highest BCUT2D eigenvalue weighted by molar-refractivity contribution is 5.97. The summed E-state index contributed by atoms with van der Waals surface area (Å²) in [5.74, 6) is 0.0992. The molecule has 1 fully saturated rings. The summed E-state index contributed by atoms with van der Waals surface area (Å²) in [7, 11) is 0. The van der Waals surface area contributed by atoms with Crippen LogP contribution < -0.4 is 10.2 Å². The van der Waals surface area contributed by atoms with Crippen LogP contribution >= 0.6 is 0 Å². The lowest BCUT2D eigenvalue weighted by Gasteiger charge is -2.38. The van der Waals surface area contributed by atoms with E-state index in [1.165, 1.54) is 0 Å². The Hall–Kier alpha value is -3.18. The minimum absolute atomic E-state index is 0.0181. The molecule has 1 aliphatic heterocycles. The molecule has 5 heteroatoms. The number of Topliss-reactive ketones (excluding diaryl/α,β-unsaturated/α-hetero) is 1. The topological polar surface area (TPSA) is 52.7 Å². The second kappa shape index (κ2) is 8.67. The van der Waals surface area contributed by atoms with E-state index in [1.807, 2.05) is 61.5 Å². The maximum atomic E-state index is 12.8. The first-order chi connectivity index (χ1) is 14.5. The van der Waals surface area contributed by atoms with Crippen LogP contribution in [0.4, 0.5) is 11.4 Å².